The van der Waals surface area contributed by atoms with Gasteiger partial charge in [-0.2, -0.15) is 0 Å². The van der Waals surface area contributed by atoms with Crippen LogP contribution in [0.15, 0.2) is 55.3 Å². The molecule has 0 bridgehead atoms. The molecule has 0 spiro atoms. The van der Waals surface area contributed by atoms with Crippen LogP contribution in [-0.4, -0.2) is 8.07 Å². The first kappa shape index (κ1) is 12.0. The van der Waals surface area contributed by atoms with E-state index >= 15 is 0 Å². The minimum Gasteiger partial charge on any atom is -0.107 e. The van der Waals surface area contributed by atoms with Gasteiger partial charge in [-0.1, -0.05) is 60.3 Å². The first-order valence-corrected chi connectivity index (χ1v) is 8.31. The molecular formula is C14H20Si. The zero-order valence-corrected chi connectivity index (χ0v) is 10.6. The van der Waals surface area contributed by atoms with E-state index in [9.17, 15) is 0 Å². The van der Waals surface area contributed by atoms with Crippen LogP contribution < -0.4 is 5.19 Å². The van der Waals surface area contributed by atoms with Gasteiger partial charge in [0.2, 0.25) is 0 Å². The predicted molar refractivity (Wildman–Crippen MR) is 72.1 cm³/mol. The van der Waals surface area contributed by atoms with E-state index in [1.807, 2.05) is 6.08 Å². The molecular weight excluding hydrogens is 196 g/mol. The van der Waals surface area contributed by atoms with Crippen LogP contribution in [0, 0.1) is 0 Å². The van der Waals surface area contributed by atoms with Crippen molar-refractivity contribution in [2.75, 3.05) is 0 Å². The molecule has 0 aromatic heterocycles. The molecule has 1 atom stereocenters. The lowest BCUT2D eigenvalue weighted by molar-refractivity contribution is 0.942. The second-order valence-corrected chi connectivity index (χ2v) is 8.49. The molecule has 1 unspecified atom stereocenters. The number of benzene rings is 1. The maximum Gasteiger partial charge on any atom is 0.106 e. The van der Waals surface area contributed by atoms with Gasteiger partial charge in [0.25, 0.3) is 0 Å². The fraction of sp³-hybridized carbons (Fsp3) is 0.286. The first-order chi connectivity index (χ1) is 7.23. The van der Waals surface area contributed by atoms with Crippen molar-refractivity contribution in [3.8, 4) is 0 Å². The summed E-state index contributed by atoms with van der Waals surface area (Å²) in [5.74, 6) is 0. The Balaban J connectivity index is 2.76. The second kappa shape index (κ2) is 5.71. The number of unbranched alkanes of at least 4 members (excludes halogenated alkanes) is 1. The zero-order chi connectivity index (χ0) is 11.1. The highest BCUT2D eigenvalue weighted by Crippen LogP contribution is 2.15. The molecule has 0 amide bonds. The van der Waals surface area contributed by atoms with Gasteiger partial charge in [-0.25, -0.2) is 0 Å². The van der Waals surface area contributed by atoms with E-state index < -0.39 is 8.07 Å². The quantitative estimate of drug-likeness (QED) is 0.387. The van der Waals surface area contributed by atoms with E-state index in [4.69, 9.17) is 0 Å². The molecule has 1 heteroatoms. The average Bonchev–Trinajstić information content (AvgIpc) is 2.30. The van der Waals surface area contributed by atoms with Crippen molar-refractivity contribution in [3.05, 3.63) is 55.3 Å². The molecule has 0 N–H and O–H groups in total. The van der Waals surface area contributed by atoms with E-state index in [1.54, 1.807) is 0 Å². The minimum absolute atomic E-state index is 1.11. The molecule has 0 aliphatic rings. The molecule has 15 heavy (non-hydrogen) atoms. The lowest BCUT2D eigenvalue weighted by atomic mass is 10.3. The number of hydrogen-bond acceptors (Lipinski definition) is 0. The van der Waals surface area contributed by atoms with Gasteiger partial charge in [0.05, 0.1) is 0 Å². The Morgan fingerprint density at radius 1 is 1.20 bits per heavy atom. The standard InChI is InChI=1S/C14H20Si/c1-4-6-10-13-15(3,5-2)14-11-8-7-9-12-14/h4-5,7-9,11-12H,1-2,6,10,13H2,3H3. The zero-order valence-electron chi connectivity index (χ0n) is 9.58. The lowest BCUT2D eigenvalue weighted by Crippen LogP contribution is -2.42. The summed E-state index contributed by atoms with van der Waals surface area (Å²) < 4.78 is 0. The summed E-state index contributed by atoms with van der Waals surface area (Å²) in [5.41, 5.74) is 2.20. The lowest BCUT2D eigenvalue weighted by Gasteiger charge is -2.23. The van der Waals surface area contributed by atoms with Crippen molar-refractivity contribution < 1.29 is 0 Å². The van der Waals surface area contributed by atoms with Crippen molar-refractivity contribution in [1.29, 1.82) is 0 Å². The summed E-state index contributed by atoms with van der Waals surface area (Å²) >= 11 is 0. The topological polar surface area (TPSA) is 0 Å². The first-order valence-electron chi connectivity index (χ1n) is 5.53. The molecule has 0 aliphatic heterocycles. The van der Waals surface area contributed by atoms with E-state index in [1.165, 1.54) is 17.7 Å². The van der Waals surface area contributed by atoms with Crippen molar-refractivity contribution >= 4 is 13.3 Å². The fourth-order valence-corrected chi connectivity index (χ4v) is 4.42. The van der Waals surface area contributed by atoms with Crippen LogP contribution in [0.25, 0.3) is 0 Å². The highest BCUT2D eigenvalue weighted by Gasteiger charge is 2.24. The third-order valence-electron chi connectivity index (χ3n) is 2.99. The SMILES string of the molecule is C=CCCC[Si](C)(C=C)c1ccccc1. The molecule has 0 aliphatic carbocycles. The van der Waals surface area contributed by atoms with Gasteiger partial charge < -0.3 is 0 Å². The maximum atomic E-state index is 4.02. The summed E-state index contributed by atoms with van der Waals surface area (Å²) in [4.78, 5) is 0. The minimum atomic E-state index is -1.42. The Kier molecular flexibility index (Phi) is 4.57. The van der Waals surface area contributed by atoms with E-state index in [0.29, 0.717) is 0 Å². The largest absolute Gasteiger partial charge is 0.107 e. The third kappa shape index (κ3) is 3.20. The Morgan fingerprint density at radius 3 is 2.40 bits per heavy atom. The van der Waals surface area contributed by atoms with E-state index in [-0.39, 0.29) is 0 Å². The smallest absolute Gasteiger partial charge is 0.106 e. The molecule has 0 radical (unpaired) electrons. The Hall–Kier alpha value is -1.08. The van der Waals surface area contributed by atoms with Gasteiger partial charge in [0.1, 0.15) is 8.07 Å². The number of rotatable bonds is 6. The normalized spacial score (nSPS) is 14.2. The van der Waals surface area contributed by atoms with Crippen molar-refractivity contribution in [2.45, 2.75) is 25.4 Å². The fourth-order valence-electron chi connectivity index (χ4n) is 1.80. The van der Waals surface area contributed by atoms with Gasteiger partial charge in [-0.15, -0.1) is 13.2 Å². The Bertz CT molecular complexity index is 315. The number of hydrogen-bond donors (Lipinski definition) is 0. The van der Waals surface area contributed by atoms with Crippen LogP contribution in [0.1, 0.15) is 12.8 Å². The monoisotopic (exact) mass is 216 g/mol. The summed E-state index contributed by atoms with van der Waals surface area (Å²) in [7, 11) is -1.42. The van der Waals surface area contributed by atoms with Crippen LogP contribution in [0.4, 0.5) is 0 Å². The highest BCUT2D eigenvalue weighted by molar-refractivity contribution is 6.94. The second-order valence-electron chi connectivity index (χ2n) is 4.17. The molecule has 0 heterocycles. The molecule has 1 aromatic rings. The van der Waals surface area contributed by atoms with Crippen LogP contribution in [0.5, 0.6) is 0 Å². The maximum absolute atomic E-state index is 4.02. The van der Waals surface area contributed by atoms with Crippen molar-refractivity contribution in [1.82, 2.24) is 0 Å². The van der Waals surface area contributed by atoms with Crippen LogP contribution in [-0.2, 0) is 0 Å². The Labute approximate surface area is 94.4 Å². The van der Waals surface area contributed by atoms with Crippen LogP contribution >= 0.6 is 0 Å². The van der Waals surface area contributed by atoms with Gasteiger partial charge >= 0.3 is 0 Å². The van der Waals surface area contributed by atoms with Crippen LogP contribution in [0.2, 0.25) is 12.6 Å². The summed E-state index contributed by atoms with van der Waals surface area (Å²) in [6.07, 6.45) is 4.35. The summed E-state index contributed by atoms with van der Waals surface area (Å²) in [6.45, 7) is 10.2. The highest BCUT2D eigenvalue weighted by atomic mass is 28.3. The molecule has 80 valence electrons. The molecule has 0 nitrogen and oxygen atoms in total. The molecule has 1 rings (SSSR count). The van der Waals surface area contributed by atoms with Gasteiger partial charge in [-0.3, -0.25) is 0 Å². The summed E-state index contributed by atoms with van der Waals surface area (Å²) in [5, 5.41) is 1.49. The number of allylic oxidation sites excluding steroid dienone is 1. The molecule has 0 saturated heterocycles. The molecule has 1 aromatic carbocycles. The van der Waals surface area contributed by atoms with Gasteiger partial charge in [-0.05, 0) is 12.5 Å². The third-order valence-corrected chi connectivity index (χ3v) is 6.93. The average molecular weight is 216 g/mol. The van der Waals surface area contributed by atoms with Crippen LogP contribution in [0.3, 0.4) is 0 Å². The van der Waals surface area contributed by atoms with Gasteiger partial charge in [0.15, 0.2) is 0 Å². The van der Waals surface area contributed by atoms with Crippen molar-refractivity contribution in [2.24, 2.45) is 0 Å². The van der Waals surface area contributed by atoms with Crippen molar-refractivity contribution in [3.63, 3.8) is 0 Å². The van der Waals surface area contributed by atoms with E-state index in [2.05, 4.69) is 55.7 Å². The van der Waals surface area contributed by atoms with Gasteiger partial charge in [0, 0.05) is 0 Å². The predicted octanol–water partition coefficient (Wildman–Crippen LogP) is 3.66. The molecule has 0 saturated carbocycles. The van der Waals surface area contributed by atoms with E-state index in [0.717, 1.165) is 6.42 Å². The molecule has 0 fully saturated rings. The Morgan fingerprint density at radius 2 is 1.87 bits per heavy atom. The summed E-state index contributed by atoms with van der Waals surface area (Å²) in [6, 6.07) is 12.1.